The van der Waals surface area contributed by atoms with Gasteiger partial charge < -0.3 is 5.73 Å². The summed E-state index contributed by atoms with van der Waals surface area (Å²) in [6.45, 7) is 1.36. The highest BCUT2D eigenvalue weighted by molar-refractivity contribution is 7.80. The number of hydrogen-bond donors (Lipinski definition) is 1. The molecule has 1 aromatic carbocycles. The number of halogens is 2. The normalized spacial score (nSPS) is 9.80. The van der Waals surface area contributed by atoms with E-state index in [1.165, 1.54) is 6.92 Å². The predicted octanol–water partition coefficient (Wildman–Crippen LogP) is 2.59. The van der Waals surface area contributed by atoms with Crippen molar-refractivity contribution in [2.24, 2.45) is 5.73 Å². The first-order valence-corrected chi connectivity index (χ1v) is 5.14. The van der Waals surface area contributed by atoms with E-state index in [9.17, 15) is 4.79 Å². The summed E-state index contributed by atoms with van der Waals surface area (Å²) in [7, 11) is 0. The first-order valence-electron chi connectivity index (χ1n) is 3.98. The largest absolute Gasteiger partial charge is 0.376 e. The van der Waals surface area contributed by atoms with Gasteiger partial charge in [0.1, 0.15) is 0 Å². The zero-order chi connectivity index (χ0) is 11.6. The van der Waals surface area contributed by atoms with Crippen LogP contribution in [-0.2, 0) is 4.79 Å². The number of anilines is 1. The van der Waals surface area contributed by atoms with Gasteiger partial charge in [-0.05, 0) is 30.4 Å². The quantitative estimate of drug-likeness (QED) is 0.792. The second-order valence-corrected chi connectivity index (χ2v) is 4.11. The zero-order valence-electron chi connectivity index (χ0n) is 7.83. The van der Waals surface area contributed by atoms with Crippen molar-refractivity contribution in [3.8, 4) is 0 Å². The predicted molar refractivity (Wildman–Crippen MR) is 66.4 cm³/mol. The summed E-state index contributed by atoms with van der Waals surface area (Å²) in [6, 6.07) is 4.69. The van der Waals surface area contributed by atoms with Crippen LogP contribution in [0.5, 0.6) is 0 Å². The molecule has 0 radical (unpaired) electrons. The summed E-state index contributed by atoms with van der Waals surface area (Å²) in [5.74, 6) is -0.291. The van der Waals surface area contributed by atoms with E-state index < -0.39 is 0 Å². The van der Waals surface area contributed by atoms with Crippen LogP contribution in [0.15, 0.2) is 18.2 Å². The van der Waals surface area contributed by atoms with Gasteiger partial charge in [-0.3, -0.25) is 9.69 Å². The molecule has 0 heterocycles. The van der Waals surface area contributed by atoms with Gasteiger partial charge in [-0.2, -0.15) is 0 Å². The average Bonchev–Trinajstić information content (AvgIpc) is 1.99. The second-order valence-electron chi connectivity index (χ2n) is 2.82. The lowest BCUT2D eigenvalue weighted by molar-refractivity contribution is -0.115. The molecule has 80 valence electrons. The van der Waals surface area contributed by atoms with Crippen LogP contribution in [0, 0.1) is 0 Å². The zero-order valence-corrected chi connectivity index (χ0v) is 10.2. The second kappa shape index (κ2) is 4.79. The minimum Gasteiger partial charge on any atom is -0.376 e. The Bertz CT molecular complexity index is 388. The van der Waals surface area contributed by atoms with E-state index in [4.69, 9.17) is 41.2 Å². The standard InChI is InChI=1S/C9H8Cl2N2OS/c1-5(14)13(9(12)15)8-3-6(10)2-7(11)4-8/h2-4H,1H3,(H2,12,15). The highest BCUT2D eigenvalue weighted by Crippen LogP contribution is 2.25. The molecule has 0 saturated carbocycles. The molecule has 3 nitrogen and oxygen atoms in total. The SMILES string of the molecule is CC(=O)N(C(N)=S)c1cc(Cl)cc(Cl)c1. The van der Waals surface area contributed by atoms with Gasteiger partial charge in [0, 0.05) is 17.0 Å². The number of rotatable bonds is 1. The third-order valence-electron chi connectivity index (χ3n) is 1.64. The third-order valence-corrected chi connectivity index (χ3v) is 2.26. The summed E-state index contributed by atoms with van der Waals surface area (Å²) in [5, 5.41) is 0.792. The number of nitrogens with zero attached hydrogens (tertiary/aromatic N) is 1. The molecule has 0 aliphatic rings. The lowest BCUT2D eigenvalue weighted by atomic mass is 10.3. The van der Waals surface area contributed by atoms with Crippen molar-refractivity contribution in [3.63, 3.8) is 0 Å². The molecule has 0 unspecified atom stereocenters. The van der Waals surface area contributed by atoms with Crippen molar-refractivity contribution in [1.82, 2.24) is 0 Å². The van der Waals surface area contributed by atoms with E-state index in [1.54, 1.807) is 18.2 Å². The molecule has 0 saturated heterocycles. The molecular formula is C9H8Cl2N2OS. The van der Waals surface area contributed by atoms with E-state index in [0.29, 0.717) is 15.7 Å². The van der Waals surface area contributed by atoms with Gasteiger partial charge in [-0.25, -0.2) is 0 Å². The highest BCUT2D eigenvalue weighted by atomic mass is 35.5. The monoisotopic (exact) mass is 262 g/mol. The minimum absolute atomic E-state index is 0.0409. The number of thiocarbonyl (C=S) groups is 1. The fourth-order valence-electron chi connectivity index (χ4n) is 1.13. The molecule has 0 aromatic heterocycles. The lowest BCUT2D eigenvalue weighted by Crippen LogP contribution is -2.39. The Balaban J connectivity index is 3.22. The van der Waals surface area contributed by atoms with Gasteiger partial charge >= 0.3 is 0 Å². The molecule has 0 aliphatic carbocycles. The van der Waals surface area contributed by atoms with Crippen LogP contribution in [-0.4, -0.2) is 11.0 Å². The summed E-state index contributed by atoms with van der Waals surface area (Å²) in [6.07, 6.45) is 0. The summed E-state index contributed by atoms with van der Waals surface area (Å²) in [4.78, 5) is 12.4. The van der Waals surface area contributed by atoms with Gasteiger partial charge in [-0.1, -0.05) is 23.2 Å². The number of hydrogen-bond acceptors (Lipinski definition) is 2. The molecule has 6 heteroatoms. The number of benzene rings is 1. The average molecular weight is 263 g/mol. The number of amides is 1. The first kappa shape index (κ1) is 12.2. The van der Waals surface area contributed by atoms with E-state index >= 15 is 0 Å². The van der Waals surface area contributed by atoms with Crippen molar-refractivity contribution in [3.05, 3.63) is 28.2 Å². The van der Waals surface area contributed by atoms with E-state index in [-0.39, 0.29) is 11.0 Å². The van der Waals surface area contributed by atoms with Crippen molar-refractivity contribution in [1.29, 1.82) is 0 Å². The Morgan fingerprint density at radius 1 is 1.33 bits per heavy atom. The molecule has 1 amide bonds. The molecule has 1 rings (SSSR count). The summed E-state index contributed by atoms with van der Waals surface area (Å²) < 4.78 is 0. The van der Waals surface area contributed by atoms with Crippen molar-refractivity contribution >= 4 is 52.1 Å². The number of carbonyl (C=O) groups excluding carboxylic acids is 1. The van der Waals surface area contributed by atoms with E-state index in [0.717, 1.165) is 4.90 Å². The van der Waals surface area contributed by atoms with Gasteiger partial charge in [0.2, 0.25) is 5.91 Å². The van der Waals surface area contributed by atoms with E-state index in [2.05, 4.69) is 0 Å². The first-order chi connectivity index (χ1) is 6.91. The maximum Gasteiger partial charge on any atom is 0.230 e. The molecular weight excluding hydrogens is 255 g/mol. The van der Waals surface area contributed by atoms with Gasteiger partial charge in [0.25, 0.3) is 0 Å². The van der Waals surface area contributed by atoms with Crippen molar-refractivity contribution in [2.75, 3.05) is 4.90 Å². The summed E-state index contributed by atoms with van der Waals surface area (Å²) >= 11 is 16.4. The van der Waals surface area contributed by atoms with Crippen LogP contribution in [0.3, 0.4) is 0 Å². The van der Waals surface area contributed by atoms with E-state index in [1.807, 2.05) is 0 Å². The topological polar surface area (TPSA) is 46.3 Å². The maximum atomic E-state index is 11.3. The molecule has 2 N–H and O–H groups in total. The minimum atomic E-state index is -0.291. The molecule has 15 heavy (non-hydrogen) atoms. The van der Waals surface area contributed by atoms with Gasteiger partial charge in [-0.15, -0.1) is 0 Å². The van der Waals surface area contributed by atoms with Crippen molar-refractivity contribution < 1.29 is 4.79 Å². The molecule has 1 aromatic rings. The molecule has 0 atom stereocenters. The molecule has 0 aliphatic heterocycles. The van der Waals surface area contributed by atoms with Crippen LogP contribution < -0.4 is 10.6 Å². The smallest absolute Gasteiger partial charge is 0.230 e. The number of carbonyl (C=O) groups is 1. The van der Waals surface area contributed by atoms with Crippen LogP contribution in [0.4, 0.5) is 5.69 Å². The molecule has 0 fully saturated rings. The van der Waals surface area contributed by atoms with Crippen LogP contribution in [0.2, 0.25) is 10.0 Å². The van der Waals surface area contributed by atoms with Gasteiger partial charge in [0.05, 0.1) is 5.69 Å². The Labute approximate surface area is 103 Å². The number of nitrogens with two attached hydrogens (primary N) is 1. The van der Waals surface area contributed by atoms with Crippen LogP contribution in [0.25, 0.3) is 0 Å². The molecule has 0 bridgehead atoms. The lowest BCUT2D eigenvalue weighted by Gasteiger charge is -2.19. The maximum absolute atomic E-state index is 11.3. The Hall–Kier alpha value is -0.840. The Morgan fingerprint density at radius 2 is 1.80 bits per heavy atom. The Kier molecular flexibility index (Phi) is 3.90. The Morgan fingerprint density at radius 3 is 2.13 bits per heavy atom. The fourth-order valence-corrected chi connectivity index (χ4v) is 1.88. The summed E-state index contributed by atoms with van der Waals surface area (Å²) in [5.41, 5.74) is 5.89. The fraction of sp³-hybridized carbons (Fsp3) is 0.111. The highest BCUT2D eigenvalue weighted by Gasteiger charge is 2.15. The third kappa shape index (κ3) is 3.06. The van der Waals surface area contributed by atoms with Crippen LogP contribution in [0.1, 0.15) is 6.92 Å². The van der Waals surface area contributed by atoms with Crippen molar-refractivity contribution in [2.45, 2.75) is 6.92 Å². The van der Waals surface area contributed by atoms with Crippen LogP contribution >= 0.6 is 35.4 Å². The van der Waals surface area contributed by atoms with Gasteiger partial charge in [0.15, 0.2) is 5.11 Å². The molecule has 0 spiro atoms.